The summed E-state index contributed by atoms with van der Waals surface area (Å²) in [6.45, 7) is -0.797. The van der Waals surface area contributed by atoms with E-state index in [4.69, 9.17) is 15.2 Å². The molecule has 178 valence electrons. The molecule has 5 rings (SSSR count). The van der Waals surface area contributed by atoms with E-state index in [-0.39, 0.29) is 42.6 Å². The largest absolute Gasteiger partial charge is 0.480 e. The van der Waals surface area contributed by atoms with Crippen molar-refractivity contribution in [3.05, 3.63) is 18.3 Å². The number of nitrogen functional groups attached to an aromatic ring is 1. The molecule has 0 radical (unpaired) electrons. The van der Waals surface area contributed by atoms with Gasteiger partial charge < -0.3 is 25.0 Å². The predicted molar refractivity (Wildman–Crippen MR) is 108 cm³/mol. The van der Waals surface area contributed by atoms with Crippen LogP contribution in [0, 0.1) is 0 Å². The van der Waals surface area contributed by atoms with Gasteiger partial charge in [0.15, 0.2) is 18.2 Å². The molecule has 2 N–H and O–H groups in total. The monoisotopic (exact) mass is 472 g/mol. The molecule has 5 heterocycles. The summed E-state index contributed by atoms with van der Waals surface area (Å²) in [5, 5.41) is 0. The van der Waals surface area contributed by atoms with Crippen molar-refractivity contribution in [2.75, 3.05) is 48.4 Å². The van der Waals surface area contributed by atoms with Gasteiger partial charge in [0, 0.05) is 37.3 Å². The van der Waals surface area contributed by atoms with Gasteiger partial charge in [-0.3, -0.25) is 0 Å². The maximum Gasteiger partial charge on any atom is 0.422 e. The number of nitrogens with zero attached hydrogens (tertiary/aromatic N) is 5. The van der Waals surface area contributed by atoms with Crippen molar-refractivity contribution in [2.24, 2.45) is 0 Å². The normalized spacial score (nSPS) is 24.0. The van der Waals surface area contributed by atoms with E-state index in [9.17, 15) is 22.0 Å². The van der Waals surface area contributed by atoms with Crippen LogP contribution in [0.1, 0.15) is 12.8 Å². The molecule has 2 bridgehead atoms. The van der Waals surface area contributed by atoms with Crippen LogP contribution in [0.25, 0.3) is 11.3 Å². The molecule has 2 aromatic rings. The molecule has 3 saturated heterocycles. The highest BCUT2D eigenvalue weighted by Gasteiger charge is 2.42. The number of anilines is 3. The van der Waals surface area contributed by atoms with Gasteiger partial charge in [-0.05, 0) is 12.5 Å². The standard InChI is InChI=1S/C20H21F5N6O2/c21-19(22)1-2-30(9-19)18-28-14(5-16(29-18)31-7-13-4-12(31)8-32-13)11-3-15(17(26)27-6-11)33-10-20(23,24)25/h3,5-6,12-13H,1-2,4,7-10H2,(H2,26,27). The van der Waals surface area contributed by atoms with Crippen LogP contribution in [0.15, 0.2) is 18.3 Å². The Labute approximate surface area is 185 Å². The molecule has 3 aliphatic rings. The third-order valence-electron chi connectivity index (χ3n) is 5.92. The Morgan fingerprint density at radius 1 is 1.24 bits per heavy atom. The molecule has 33 heavy (non-hydrogen) atoms. The van der Waals surface area contributed by atoms with Crippen molar-refractivity contribution < 1.29 is 31.4 Å². The molecule has 2 atom stereocenters. The van der Waals surface area contributed by atoms with Crippen molar-refractivity contribution in [3.63, 3.8) is 0 Å². The molecule has 13 heteroatoms. The number of morpholine rings is 1. The van der Waals surface area contributed by atoms with Crippen LogP contribution in [0.5, 0.6) is 5.75 Å². The zero-order chi connectivity index (χ0) is 23.4. The van der Waals surface area contributed by atoms with Gasteiger partial charge in [0.25, 0.3) is 5.92 Å². The van der Waals surface area contributed by atoms with Crippen molar-refractivity contribution in [1.29, 1.82) is 0 Å². The number of ether oxygens (including phenoxy) is 2. The van der Waals surface area contributed by atoms with Crippen molar-refractivity contribution >= 4 is 17.6 Å². The number of fused-ring (bicyclic) bond motifs is 2. The van der Waals surface area contributed by atoms with Gasteiger partial charge in [0.2, 0.25) is 5.95 Å². The Kier molecular flexibility index (Phi) is 5.18. The van der Waals surface area contributed by atoms with Crippen LogP contribution >= 0.6 is 0 Å². The average molecular weight is 472 g/mol. The Hall–Kier alpha value is -2.96. The van der Waals surface area contributed by atoms with Crippen LogP contribution in [-0.2, 0) is 4.74 Å². The van der Waals surface area contributed by atoms with E-state index in [1.165, 1.54) is 17.2 Å². The molecule has 0 saturated carbocycles. The first-order valence-electron chi connectivity index (χ1n) is 10.4. The summed E-state index contributed by atoms with van der Waals surface area (Å²) in [7, 11) is 0. The van der Waals surface area contributed by atoms with Gasteiger partial charge in [-0.1, -0.05) is 0 Å². The first-order valence-corrected chi connectivity index (χ1v) is 10.4. The SMILES string of the molecule is Nc1ncc(-c2cc(N3CC4CC3CO4)nc(N3CCC(F)(F)C3)n2)cc1OCC(F)(F)F. The second kappa shape index (κ2) is 7.82. The summed E-state index contributed by atoms with van der Waals surface area (Å²) in [6, 6.07) is 3.09. The summed E-state index contributed by atoms with van der Waals surface area (Å²) < 4.78 is 75.9. The Morgan fingerprint density at radius 2 is 2.06 bits per heavy atom. The highest BCUT2D eigenvalue weighted by molar-refractivity contribution is 5.68. The van der Waals surface area contributed by atoms with E-state index in [1.807, 2.05) is 4.90 Å². The number of aromatic nitrogens is 3. The number of hydrogen-bond acceptors (Lipinski definition) is 8. The second-order valence-corrected chi connectivity index (χ2v) is 8.45. The van der Waals surface area contributed by atoms with E-state index in [0.29, 0.717) is 30.2 Å². The van der Waals surface area contributed by atoms with Crippen molar-refractivity contribution in [2.45, 2.75) is 37.1 Å². The van der Waals surface area contributed by atoms with E-state index in [0.717, 1.165) is 6.42 Å². The lowest BCUT2D eigenvalue weighted by molar-refractivity contribution is -0.153. The summed E-state index contributed by atoms with van der Waals surface area (Å²) in [4.78, 5) is 16.4. The van der Waals surface area contributed by atoms with E-state index < -0.39 is 25.3 Å². The quantitative estimate of drug-likeness (QED) is 0.665. The number of rotatable bonds is 5. The second-order valence-electron chi connectivity index (χ2n) is 8.45. The minimum absolute atomic E-state index is 0.0774. The molecule has 0 amide bonds. The minimum atomic E-state index is -4.55. The predicted octanol–water partition coefficient (Wildman–Crippen LogP) is 2.88. The van der Waals surface area contributed by atoms with Gasteiger partial charge in [-0.15, -0.1) is 0 Å². The Balaban J connectivity index is 1.51. The number of nitrogens with two attached hydrogens (primary N) is 1. The Bertz CT molecular complexity index is 1050. The first-order chi connectivity index (χ1) is 15.6. The zero-order valence-electron chi connectivity index (χ0n) is 17.4. The van der Waals surface area contributed by atoms with E-state index in [1.54, 1.807) is 6.07 Å². The third kappa shape index (κ3) is 4.59. The van der Waals surface area contributed by atoms with Gasteiger partial charge in [-0.2, -0.15) is 18.2 Å². The van der Waals surface area contributed by atoms with Crippen molar-refractivity contribution in [1.82, 2.24) is 15.0 Å². The van der Waals surface area contributed by atoms with E-state index >= 15 is 0 Å². The number of alkyl halides is 5. The average Bonchev–Trinajstić information content (AvgIpc) is 3.48. The lowest BCUT2D eigenvalue weighted by atomic mass is 10.2. The summed E-state index contributed by atoms with van der Waals surface area (Å²) in [6.07, 6.45) is -2.58. The van der Waals surface area contributed by atoms with Crippen LogP contribution < -0.4 is 20.3 Å². The topological polar surface area (TPSA) is 89.6 Å². The molecule has 3 fully saturated rings. The first kappa shape index (κ1) is 21.9. The van der Waals surface area contributed by atoms with Crippen LogP contribution in [0.3, 0.4) is 0 Å². The molecule has 8 nitrogen and oxygen atoms in total. The molecule has 2 unspecified atom stereocenters. The fourth-order valence-electron chi connectivity index (χ4n) is 4.32. The highest BCUT2D eigenvalue weighted by atomic mass is 19.4. The lowest BCUT2D eigenvalue weighted by Crippen LogP contribution is -2.38. The molecule has 0 aliphatic carbocycles. The van der Waals surface area contributed by atoms with Gasteiger partial charge in [0.05, 0.1) is 31.0 Å². The third-order valence-corrected chi connectivity index (χ3v) is 5.92. The maximum atomic E-state index is 13.8. The number of hydrogen-bond donors (Lipinski definition) is 1. The molecule has 2 aromatic heterocycles. The van der Waals surface area contributed by atoms with Crippen molar-refractivity contribution in [3.8, 4) is 17.0 Å². The molecular weight excluding hydrogens is 451 g/mol. The number of pyridine rings is 1. The fourth-order valence-corrected chi connectivity index (χ4v) is 4.32. The number of halogens is 5. The summed E-state index contributed by atoms with van der Waals surface area (Å²) in [5.74, 6) is -2.63. The van der Waals surface area contributed by atoms with Crippen LogP contribution in [-0.4, -0.2) is 72.0 Å². The molecule has 0 spiro atoms. The smallest absolute Gasteiger partial charge is 0.422 e. The van der Waals surface area contributed by atoms with Gasteiger partial charge >= 0.3 is 6.18 Å². The summed E-state index contributed by atoms with van der Waals surface area (Å²) in [5.41, 5.74) is 6.33. The fraction of sp³-hybridized carbons (Fsp3) is 0.550. The zero-order valence-corrected chi connectivity index (χ0v) is 17.4. The highest BCUT2D eigenvalue weighted by Crippen LogP contribution is 2.37. The summed E-state index contributed by atoms with van der Waals surface area (Å²) >= 11 is 0. The molecular formula is C20H21F5N6O2. The molecule has 3 aliphatic heterocycles. The Morgan fingerprint density at radius 3 is 2.70 bits per heavy atom. The lowest BCUT2D eigenvalue weighted by Gasteiger charge is -2.29. The minimum Gasteiger partial charge on any atom is -0.480 e. The van der Waals surface area contributed by atoms with Crippen LogP contribution in [0.4, 0.5) is 39.5 Å². The van der Waals surface area contributed by atoms with Gasteiger partial charge in [0.1, 0.15) is 5.82 Å². The maximum absolute atomic E-state index is 13.8. The van der Waals surface area contributed by atoms with Crippen LogP contribution in [0.2, 0.25) is 0 Å². The molecule has 0 aromatic carbocycles. The van der Waals surface area contributed by atoms with E-state index in [2.05, 4.69) is 15.0 Å². The van der Waals surface area contributed by atoms with Gasteiger partial charge in [-0.25, -0.2) is 18.7 Å².